The fraction of sp³-hybridized carbons (Fsp3) is 0.733. The standard InChI is InChI=1S/C15H24N4O3/c1-2-12(7-11-5-3-4-6-11)15(22)16-8-13-9-19(18-17-13)10-14(20)21/h9,11-12H,2-8,10H2,1H3,(H,16,22)(H,20,21). The monoisotopic (exact) mass is 308 g/mol. The van der Waals surface area contributed by atoms with Gasteiger partial charge in [-0.3, -0.25) is 9.59 Å². The van der Waals surface area contributed by atoms with Gasteiger partial charge in [-0.15, -0.1) is 5.10 Å². The summed E-state index contributed by atoms with van der Waals surface area (Å²) in [6, 6.07) is 0. The molecule has 0 bridgehead atoms. The van der Waals surface area contributed by atoms with E-state index in [1.54, 1.807) is 6.20 Å². The number of aliphatic carboxylic acids is 1. The molecule has 1 fully saturated rings. The van der Waals surface area contributed by atoms with Crippen LogP contribution in [0, 0.1) is 11.8 Å². The molecule has 1 aliphatic carbocycles. The van der Waals surface area contributed by atoms with Gasteiger partial charge < -0.3 is 10.4 Å². The maximum atomic E-state index is 12.3. The molecule has 7 heteroatoms. The molecular formula is C15H24N4O3. The van der Waals surface area contributed by atoms with Gasteiger partial charge in [0.05, 0.1) is 12.7 Å². The molecule has 7 nitrogen and oxygen atoms in total. The minimum atomic E-state index is -0.969. The second-order valence-electron chi connectivity index (χ2n) is 6.01. The number of rotatable bonds is 8. The third-order valence-corrected chi connectivity index (χ3v) is 4.28. The van der Waals surface area contributed by atoms with E-state index < -0.39 is 5.97 Å². The topological polar surface area (TPSA) is 97.1 Å². The zero-order chi connectivity index (χ0) is 15.9. The van der Waals surface area contributed by atoms with Gasteiger partial charge in [0.2, 0.25) is 5.91 Å². The van der Waals surface area contributed by atoms with Crippen molar-refractivity contribution in [3.05, 3.63) is 11.9 Å². The molecule has 1 heterocycles. The minimum absolute atomic E-state index is 0.0529. The Hall–Kier alpha value is -1.92. The Bertz CT molecular complexity index is 509. The third-order valence-electron chi connectivity index (χ3n) is 4.28. The van der Waals surface area contributed by atoms with Gasteiger partial charge >= 0.3 is 5.97 Å². The lowest BCUT2D eigenvalue weighted by Crippen LogP contribution is -2.31. The molecule has 1 atom stereocenters. The van der Waals surface area contributed by atoms with Crippen LogP contribution in [0.1, 0.15) is 51.1 Å². The van der Waals surface area contributed by atoms with Gasteiger partial charge in [-0.05, 0) is 18.8 Å². The van der Waals surface area contributed by atoms with E-state index in [0.29, 0.717) is 18.2 Å². The lowest BCUT2D eigenvalue weighted by molar-refractivity contribution is -0.138. The Labute approximate surface area is 130 Å². The molecule has 1 unspecified atom stereocenters. The Morgan fingerprint density at radius 3 is 2.82 bits per heavy atom. The number of nitrogens with one attached hydrogen (secondary N) is 1. The van der Waals surface area contributed by atoms with Crippen molar-refractivity contribution in [2.75, 3.05) is 0 Å². The lowest BCUT2D eigenvalue weighted by atomic mass is 9.91. The molecule has 2 rings (SSSR count). The van der Waals surface area contributed by atoms with Crippen LogP contribution in [0.4, 0.5) is 0 Å². The van der Waals surface area contributed by atoms with Crippen LogP contribution in [0.3, 0.4) is 0 Å². The van der Waals surface area contributed by atoms with Crippen molar-refractivity contribution in [3.63, 3.8) is 0 Å². The molecule has 1 aromatic heterocycles. The Kier molecular flexibility index (Phi) is 5.91. The molecule has 0 radical (unpaired) electrons. The predicted molar refractivity (Wildman–Crippen MR) is 79.9 cm³/mol. The number of aromatic nitrogens is 3. The van der Waals surface area contributed by atoms with Crippen molar-refractivity contribution in [2.45, 2.75) is 58.5 Å². The number of amides is 1. The van der Waals surface area contributed by atoms with Gasteiger partial charge in [0.15, 0.2) is 0 Å². The van der Waals surface area contributed by atoms with E-state index in [-0.39, 0.29) is 18.4 Å². The summed E-state index contributed by atoms with van der Waals surface area (Å²) >= 11 is 0. The Morgan fingerprint density at radius 1 is 1.45 bits per heavy atom. The molecule has 0 aliphatic heterocycles. The van der Waals surface area contributed by atoms with Gasteiger partial charge in [0.1, 0.15) is 12.2 Å². The quantitative estimate of drug-likeness (QED) is 0.760. The fourth-order valence-electron chi connectivity index (χ4n) is 3.06. The highest BCUT2D eigenvalue weighted by Crippen LogP contribution is 2.31. The molecule has 22 heavy (non-hydrogen) atoms. The van der Waals surface area contributed by atoms with Crippen LogP contribution in [-0.2, 0) is 22.7 Å². The summed E-state index contributed by atoms with van der Waals surface area (Å²) in [6.07, 6.45) is 8.42. The molecule has 2 N–H and O–H groups in total. The van der Waals surface area contributed by atoms with E-state index in [1.807, 2.05) is 6.92 Å². The first-order chi connectivity index (χ1) is 10.6. The SMILES string of the molecule is CCC(CC1CCCC1)C(=O)NCc1cn(CC(=O)O)nn1. The molecule has 0 saturated heterocycles. The Morgan fingerprint density at radius 2 is 2.18 bits per heavy atom. The summed E-state index contributed by atoms with van der Waals surface area (Å²) in [7, 11) is 0. The van der Waals surface area contributed by atoms with Crippen molar-refractivity contribution in [3.8, 4) is 0 Å². The fourth-order valence-corrected chi connectivity index (χ4v) is 3.06. The summed E-state index contributed by atoms with van der Waals surface area (Å²) in [5.74, 6) is -0.172. The molecule has 1 amide bonds. The number of carbonyl (C=O) groups is 2. The number of carboxylic acid groups (broad SMARTS) is 1. The van der Waals surface area contributed by atoms with Crippen LogP contribution in [0.15, 0.2) is 6.20 Å². The van der Waals surface area contributed by atoms with Crippen molar-refractivity contribution in [2.24, 2.45) is 11.8 Å². The van der Waals surface area contributed by atoms with Crippen molar-refractivity contribution in [1.29, 1.82) is 0 Å². The maximum absolute atomic E-state index is 12.3. The second-order valence-corrected chi connectivity index (χ2v) is 6.01. The average Bonchev–Trinajstić information content (AvgIpc) is 3.13. The number of hydrogen-bond donors (Lipinski definition) is 2. The summed E-state index contributed by atoms with van der Waals surface area (Å²) in [5, 5.41) is 19.1. The molecule has 1 aromatic rings. The van der Waals surface area contributed by atoms with Gasteiger partial charge in [-0.2, -0.15) is 0 Å². The number of carbonyl (C=O) groups excluding carboxylic acids is 1. The first-order valence-electron chi connectivity index (χ1n) is 7.97. The molecule has 0 spiro atoms. The van der Waals surface area contributed by atoms with E-state index >= 15 is 0 Å². The van der Waals surface area contributed by atoms with Crippen molar-refractivity contribution in [1.82, 2.24) is 20.3 Å². The highest BCUT2D eigenvalue weighted by atomic mass is 16.4. The van der Waals surface area contributed by atoms with E-state index in [2.05, 4.69) is 15.6 Å². The number of nitrogens with zero attached hydrogens (tertiary/aromatic N) is 3. The van der Waals surface area contributed by atoms with Crippen LogP contribution in [-0.4, -0.2) is 32.0 Å². The second kappa shape index (κ2) is 7.91. The predicted octanol–water partition coefficient (Wildman–Crippen LogP) is 1.59. The van der Waals surface area contributed by atoms with Crippen LogP contribution < -0.4 is 5.32 Å². The Balaban J connectivity index is 1.79. The van der Waals surface area contributed by atoms with E-state index in [4.69, 9.17) is 5.11 Å². The molecule has 0 aromatic carbocycles. The molecule has 1 aliphatic rings. The van der Waals surface area contributed by atoms with Gasteiger partial charge in [0, 0.05) is 5.92 Å². The average molecular weight is 308 g/mol. The minimum Gasteiger partial charge on any atom is -0.480 e. The molecule has 122 valence electrons. The molecular weight excluding hydrogens is 284 g/mol. The summed E-state index contributed by atoms with van der Waals surface area (Å²) in [4.78, 5) is 22.8. The van der Waals surface area contributed by atoms with Crippen LogP contribution in [0.2, 0.25) is 0 Å². The number of carboxylic acids is 1. The highest BCUT2D eigenvalue weighted by molar-refractivity contribution is 5.78. The van der Waals surface area contributed by atoms with Gasteiger partial charge in [-0.25, -0.2) is 4.68 Å². The zero-order valence-electron chi connectivity index (χ0n) is 13.0. The molecule has 1 saturated carbocycles. The van der Waals surface area contributed by atoms with Crippen LogP contribution >= 0.6 is 0 Å². The van der Waals surface area contributed by atoms with Gasteiger partial charge in [0.25, 0.3) is 0 Å². The first kappa shape index (κ1) is 16.5. The summed E-state index contributed by atoms with van der Waals surface area (Å²) in [5.41, 5.74) is 0.574. The van der Waals surface area contributed by atoms with Gasteiger partial charge in [-0.1, -0.05) is 37.8 Å². The largest absolute Gasteiger partial charge is 0.480 e. The highest BCUT2D eigenvalue weighted by Gasteiger charge is 2.23. The number of hydrogen-bond acceptors (Lipinski definition) is 4. The van der Waals surface area contributed by atoms with Crippen molar-refractivity contribution >= 4 is 11.9 Å². The van der Waals surface area contributed by atoms with E-state index in [1.165, 1.54) is 30.4 Å². The van der Waals surface area contributed by atoms with Crippen LogP contribution in [0.5, 0.6) is 0 Å². The smallest absolute Gasteiger partial charge is 0.325 e. The zero-order valence-corrected chi connectivity index (χ0v) is 13.0. The first-order valence-corrected chi connectivity index (χ1v) is 7.97. The van der Waals surface area contributed by atoms with Crippen molar-refractivity contribution < 1.29 is 14.7 Å². The summed E-state index contributed by atoms with van der Waals surface area (Å²) < 4.78 is 1.25. The summed E-state index contributed by atoms with van der Waals surface area (Å²) in [6.45, 7) is 2.11. The van der Waals surface area contributed by atoms with Crippen LogP contribution in [0.25, 0.3) is 0 Å². The van der Waals surface area contributed by atoms with E-state index in [0.717, 1.165) is 12.8 Å². The maximum Gasteiger partial charge on any atom is 0.325 e. The third kappa shape index (κ3) is 4.82. The normalized spacial score (nSPS) is 16.6. The lowest BCUT2D eigenvalue weighted by Gasteiger charge is -2.18. The van der Waals surface area contributed by atoms with E-state index in [9.17, 15) is 9.59 Å².